The number of benzene rings is 2. The first-order chi connectivity index (χ1) is 14.6. The predicted molar refractivity (Wildman–Crippen MR) is 113 cm³/mol. The fourth-order valence-corrected chi connectivity index (χ4v) is 3.53. The van der Waals surface area contributed by atoms with E-state index >= 15 is 0 Å². The molecule has 0 aliphatic carbocycles. The maximum Gasteiger partial charge on any atom is 0.264 e. The van der Waals surface area contributed by atoms with Gasteiger partial charge in [-0.2, -0.15) is 4.98 Å². The second-order valence-corrected chi connectivity index (χ2v) is 6.98. The first kappa shape index (κ1) is 19.6. The van der Waals surface area contributed by atoms with Crippen LogP contribution in [0.25, 0.3) is 16.2 Å². The van der Waals surface area contributed by atoms with E-state index in [9.17, 15) is 9.18 Å². The fraction of sp³-hybridized carbons (Fsp3) is 0.0952. The number of amides is 1. The van der Waals surface area contributed by atoms with Gasteiger partial charge in [-0.25, -0.2) is 8.91 Å². The van der Waals surface area contributed by atoms with Crippen LogP contribution in [0.4, 0.5) is 10.3 Å². The molecule has 0 saturated carbocycles. The number of rotatable bonds is 8. The highest BCUT2D eigenvalue weighted by atomic mass is 32.1. The van der Waals surface area contributed by atoms with Gasteiger partial charge in [0.15, 0.2) is 18.1 Å². The Morgan fingerprint density at radius 2 is 1.90 bits per heavy atom. The first-order valence-electron chi connectivity index (χ1n) is 8.99. The van der Waals surface area contributed by atoms with Crippen LogP contribution in [0.1, 0.15) is 0 Å². The largest absolute Gasteiger partial charge is 0.486 e. The molecule has 0 radical (unpaired) electrons. The van der Waals surface area contributed by atoms with E-state index in [4.69, 9.17) is 9.47 Å². The predicted octanol–water partition coefficient (Wildman–Crippen LogP) is 4.18. The average molecular weight is 424 g/mol. The Labute approximate surface area is 175 Å². The lowest BCUT2D eigenvalue weighted by Gasteiger charge is -2.11. The average Bonchev–Trinajstić information content (AvgIpc) is 3.32. The van der Waals surface area contributed by atoms with Crippen LogP contribution in [0.5, 0.6) is 11.5 Å². The molecule has 4 aromatic rings. The van der Waals surface area contributed by atoms with Crippen molar-refractivity contribution < 1.29 is 18.7 Å². The summed E-state index contributed by atoms with van der Waals surface area (Å²) in [5.74, 6) is 0.417. The van der Waals surface area contributed by atoms with Crippen molar-refractivity contribution in [1.82, 2.24) is 14.6 Å². The third-order valence-corrected chi connectivity index (χ3v) is 4.85. The number of para-hydroxylation sites is 2. The van der Waals surface area contributed by atoms with Crippen LogP contribution in [0.2, 0.25) is 0 Å². The topological polar surface area (TPSA) is 77.8 Å². The molecule has 7 nitrogen and oxygen atoms in total. The van der Waals surface area contributed by atoms with Crippen LogP contribution >= 0.6 is 11.3 Å². The van der Waals surface area contributed by atoms with Crippen LogP contribution in [0.3, 0.4) is 0 Å². The number of carbonyl (C=O) groups excluding carboxylic acids is 1. The van der Waals surface area contributed by atoms with E-state index < -0.39 is 5.91 Å². The molecule has 0 saturated heterocycles. The molecule has 1 N–H and O–H groups in total. The van der Waals surface area contributed by atoms with E-state index in [1.165, 1.54) is 23.5 Å². The maximum absolute atomic E-state index is 13.2. The molecule has 0 aliphatic rings. The third kappa shape index (κ3) is 4.31. The van der Waals surface area contributed by atoms with Gasteiger partial charge in [-0.1, -0.05) is 24.8 Å². The molecule has 30 heavy (non-hydrogen) atoms. The highest BCUT2D eigenvalue weighted by Gasteiger charge is 2.14. The van der Waals surface area contributed by atoms with Crippen molar-refractivity contribution >= 4 is 28.2 Å². The second kappa shape index (κ2) is 8.75. The molecule has 0 spiro atoms. The number of halogens is 1. The molecule has 0 bridgehead atoms. The minimum atomic E-state index is -0.407. The first-order valence-corrected chi connectivity index (χ1v) is 9.87. The molecule has 2 aromatic carbocycles. The highest BCUT2D eigenvalue weighted by molar-refractivity contribution is 7.15. The quantitative estimate of drug-likeness (QED) is 0.430. The highest BCUT2D eigenvalue weighted by Crippen LogP contribution is 2.27. The summed E-state index contributed by atoms with van der Waals surface area (Å²) in [7, 11) is 0. The summed E-state index contributed by atoms with van der Waals surface area (Å²) in [6, 6.07) is 13.2. The summed E-state index contributed by atoms with van der Waals surface area (Å²) in [5, 5.41) is 8.82. The molecule has 2 aromatic heterocycles. The van der Waals surface area contributed by atoms with E-state index in [2.05, 4.69) is 22.0 Å². The number of nitrogens with one attached hydrogen (secondary N) is 1. The van der Waals surface area contributed by atoms with Crippen LogP contribution < -0.4 is 14.8 Å². The van der Waals surface area contributed by atoms with Gasteiger partial charge < -0.3 is 9.47 Å². The smallest absolute Gasteiger partial charge is 0.264 e. The summed E-state index contributed by atoms with van der Waals surface area (Å²) in [5.41, 5.74) is 1.55. The zero-order valence-corrected chi connectivity index (χ0v) is 16.6. The molecule has 152 valence electrons. The van der Waals surface area contributed by atoms with Gasteiger partial charge in [0.25, 0.3) is 11.9 Å². The fourth-order valence-electron chi connectivity index (χ4n) is 2.69. The Morgan fingerprint density at radius 3 is 2.63 bits per heavy atom. The number of nitrogens with zero attached hydrogens (tertiary/aromatic N) is 3. The van der Waals surface area contributed by atoms with Crippen LogP contribution in [-0.2, 0) is 4.79 Å². The van der Waals surface area contributed by atoms with Gasteiger partial charge in [0.2, 0.25) is 4.96 Å². The standard InChI is InChI=1S/C21H17FN4O3S/c1-2-11-28-17-5-3-4-6-18(17)29-12-19(27)23-20-24-21-26(25-20)16(13-30-21)14-7-9-15(22)10-8-14/h2-10,13H,1,11-12H2,(H,23,25,27). The van der Waals surface area contributed by atoms with Crippen molar-refractivity contribution in [3.05, 3.63) is 72.4 Å². The summed E-state index contributed by atoms with van der Waals surface area (Å²) in [4.78, 5) is 17.2. The van der Waals surface area contributed by atoms with Crippen LogP contribution in [-0.4, -0.2) is 33.7 Å². The van der Waals surface area contributed by atoms with Crippen molar-refractivity contribution in [3.63, 3.8) is 0 Å². The molecule has 0 aliphatic heterocycles. The number of anilines is 1. The number of thiazole rings is 1. The summed E-state index contributed by atoms with van der Waals surface area (Å²) in [6.07, 6.45) is 1.62. The molecule has 0 atom stereocenters. The SMILES string of the molecule is C=CCOc1ccccc1OCC(=O)Nc1nc2scc(-c3ccc(F)cc3)n2n1. The van der Waals surface area contributed by atoms with Gasteiger partial charge in [0.1, 0.15) is 12.4 Å². The summed E-state index contributed by atoms with van der Waals surface area (Å²) in [6.45, 7) is 3.71. The van der Waals surface area contributed by atoms with Crippen molar-refractivity contribution in [2.75, 3.05) is 18.5 Å². The van der Waals surface area contributed by atoms with Gasteiger partial charge in [0, 0.05) is 10.9 Å². The van der Waals surface area contributed by atoms with Gasteiger partial charge >= 0.3 is 0 Å². The van der Waals surface area contributed by atoms with Crippen LogP contribution in [0, 0.1) is 5.82 Å². The minimum Gasteiger partial charge on any atom is -0.486 e. The Bertz CT molecular complexity index is 1190. The number of hydrogen-bond donors (Lipinski definition) is 1. The maximum atomic E-state index is 13.2. The Morgan fingerprint density at radius 1 is 1.17 bits per heavy atom. The lowest BCUT2D eigenvalue weighted by atomic mass is 10.2. The molecule has 2 heterocycles. The zero-order valence-electron chi connectivity index (χ0n) is 15.7. The van der Waals surface area contributed by atoms with E-state index in [-0.39, 0.29) is 18.4 Å². The Kier molecular flexibility index (Phi) is 5.71. The van der Waals surface area contributed by atoms with Crippen molar-refractivity contribution in [1.29, 1.82) is 0 Å². The van der Waals surface area contributed by atoms with E-state index in [0.29, 0.717) is 23.1 Å². The van der Waals surface area contributed by atoms with Gasteiger partial charge in [-0.05, 0) is 36.4 Å². The number of ether oxygens (including phenoxy) is 2. The summed E-state index contributed by atoms with van der Waals surface area (Å²) < 4.78 is 25.8. The molecule has 0 fully saturated rings. The Hall–Kier alpha value is -3.72. The zero-order chi connectivity index (χ0) is 20.9. The Balaban J connectivity index is 1.43. The number of hydrogen-bond acceptors (Lipinski definition) is 6. The lowest BCUT2D eigenvalue weighted by Crippen LogP contribution is -2.21. The van der Waals surface area contributed by atoms with Crippen LogP contribution in [0.15, 0.2) is 66.6 Å². The number of aromatic nitrogens is 3. The second-order valence-electron chi connectivity index (χ2n) is 6.14. The number of carbonyl (C=O) groups is 1. The molecule has 1 amide bonds. The molecular weight excluding hydrogens is 407 g/mol. The van der Waals surface area contributed by atoms with Crippen molar-refractivity contribution in [3.8, 4) is 22.8 Å². The van der Waals surface area contributed by atoms with Crippen molar-refractivity contribution in [2.24, 2.45) is 0 Å². The van der Waals surface area contributed by atoms with E-state index in [1.54, 1.807) is 40.9 Å². The van der Waals surface area contributed by atoms with E-state index in [1.807, 2.05) is 11.4 Å². The van der Waals surface area contributed by atoms with Gasteiger partial charge in [-0.15, -0.1) is 16.4 Å². The normalized spacial score (nSPS) is 10.7. The van der Waals surface area contributed by atoms with Gasteiger partial charge in [-0.3, -0.25) is 10.1 Å². The summed E-state index contributed by atoms with van der Waals surface area (Å²) >= 11 is 1.37. The lowest BCUT2D eigenvalue weighted by molar-refractivity contribution is -0.118. The molecule has 0 unspecified atom stereocenters. The number of fused-ring (bicyclic) bond motifs is 1. The minimum absolute atomic E-state index is 0.162. The molecule has 9 heteroatoms. The van der Waals surface area contributed by atoms with E-state index in [0.717, 1.165) is 11.3 Å². The van der Waals surface area contributed by atoms with Crippen molar-refractivity contribution in [2.45, 2.75) is 0 Å². The monoisotopic (exact) mass is 424 g/mol. The molecular formula is C21H17FN4O3S. The van der Waals surface area contributed by atoms with Gasteiger partial charge in [0.05, 0.1) is 5.69 Å². The molecule has 4 rings (SSSR count). The third-order valence-electron chi connectivity index (χ3n) is 4.04.